The summed E-state index contributed by atoms with van der Waals surface area (Å²) in [6, 6.07) is 12.9. The Bertz CT molecular complexity index is 1070. The lowest BCUT2D eigenvalue weighted by molar-refractivity contribution is -0.119. The van der Waals surface area contributed by atoms with Crippen molar-refractivity contribution in [3.8, 4) is 11.5 Å². The Morgan fingerprint density at radius 3 is 2.50 bits per heavy atom. The lowest BCUT2D eigenvalue weighted by atomic mass is 10.0. The van der Waals surface area contributed by atoms with Gasteiger partial charge in [0, 0.05) is 19.2 Å². The van der Waals surface area contributed by atoms with Crippen LogP contribution in [0.4, 0.5) is 5.69 Å². The topological polar surface area (TPSA) is 88.2 Å². The maximum atomic E-state index is 12.7. The summed E-state index contributed by atoms with van der Waals surface area (Å²) in [5.74, 6) is 0.640. The Morgan fingerprint density at radius 1 is 1.03 bits per heavy atom. The van der Waals surface area contributed by atoms with Crippen molar-refractivity contribution >= 4 is 21.6 Å². The number of amides is 1. The molecule has 2 aromatic rings. The molecule has 0 unspecified atom stereocenters. The van der Waals surface area contributed by atoms with Crippen LogP contribution in [0, 0.1) is 0 Å². The van der Waals surface area contributed by atoms with Crippen LogP contribution in [-0.2, 0) is 27.9 Å². The molecule has 0 saturated carbocycles. The molecule has 0 aliphatic carbocycles. The minimum absolute atomic E-state index is 0.0922. The van der Waals surface area contributed by atoms with Gasteiger partial charge in [0.2, 0.25) is 22.7 Å². The summed E-state index contributed by atoms with van der Waals surface area (Å²) in [4.78, 5) is 15.1. The summed E-state index contributed by atoms with van der Waals surface area (Å²) < 4.78 is 36.5. The SMILES string of the molecule is CS(=O)(=O)N(CC(=O)NCc1ccccc1CN1CCCCC1)c1ccc2c(c1)OCO2. The fraction of sp³-hybridized carbons (Fsp3) is 0.435. The molecule has 0 atom stereocenters. The quantitative estimate of drug-likeness (QED) is 0.653. The van der Waals surface area contributed by atoms with Gasteiger partial charge in [-0.05, 0) is 49.2 Å². The zero-order chi connectivity index (χ0) is 22.6. The van der Waals surface area contributed by atoms with E-state index in [1.54, 1.807) is 18.2 Å². The van der Waals surface area contributed by atoms with Crippen LogP contribution in [-0.4, -0.2) is 51.9 Å². The van der Waals surface area contributed by atoms with Crippen LogP contribution < -0.4 is 19.1 Å². The number of nitrogens with one attached hydrogen (secondary N) is 1. The third-order valence-corrected chi connectivity index (χ3v) is 6.91. The van der Waals surface area contributed by atoms with Gasteiger partial charge in [-0.3, -0.25) is 14.0 Å². The van der Waals surface area contributed by atoms with Gasteiger partial charge in [-0.1, -0.05) is 30.7 Å². The van der Waals surface area contributed by atoms with E-state index in [-0.39, 0.29) is 19.2 Å². The third kappa shape index (κ3) is 5.52. The number of anilines is 1. The molecular weight excluding hydrogens is 430 g/mol. The second-order valence-electron chi connectivity index (χ2n) is 8.19. The number of carbonyl (C=O) groups excluding carboxylic acids is 1. The molecule has 0 aromatic heterocycles. The standard InChI is InChI=1S/C23H29N3O5S/c1-32(28,29)26(20-9-10-21-22(13-20)31-17-30-21)16-23(27)24-14-18-7-3-4-8-19(18)15-25-11-5-2-6-12-25/h3-4,7-10,13H,2,5-6,11-12,14-17H2,1H3,(H,24,27). The predicted molar refractivity (Wildman–Crippen MR) is 122 cm³/mol. The van der Waals surface area contributed by atoms with Gasteiger partial charge in [-0.2, -0.15) is 0 Å². The number of hydrogen-bond donors (Lipinski definition) is 1. The van der Waals surface area contributed by atoms with E-state index in [1.807, 2.05) is 18.2 Å². The smallest absolute Gasteiger partial charge is 0.241 e. The van der Waals surface area contributed by atoms with Crippen LogP contribution in [0.1, 0.15) is 30.4 Å². The van der Waals surface area contributed by atoms with E-state index in [0.29, 0.717) is 23.7 Å². The van der Waals surface area contributed by atoms with Crippen LogP contribution in [0.15, 0.2) is 42.5 Å². The van der Waals surface area contributed by atoms with Crippen molar-refractivity contribution < 1.29 is 22.7 Å². The normalized spacial score (nSPS) is 16.0. The average molecular weight is 460 g/mol. The summed E-state index contributed by atoms with van der Waals surface area (Å²) in [6.07, 6.45) is 4.81. The van der Waals surface area contributed by atoms with E-state index >= 15 is 0 Å². The molecule has 2 aromatic carbocycles. The van der Waals surface area contributed by atoms with Crippen molar-refractivity contribution in [1.29, 1.82) is 0 Å². The molecule has 4 rings (SSSR count). The van der Waals surface area contributed by atoms with Crippen LogP contribution in [0.5, 0.6) is 11.5 Å². The van der Waals surface area contributed by atoms with Gasteiger partial charge in [0.1, 0.15) is 6.54 Å². The molecule has 2 aliphatic heterocycles. The van der Waals surface area contributed by atoms with E-state index < -0.39 is 10.0 Å². The number of sulfonamides is 1. The molecule has 1 saturated heterocycles. The van der Waals surface area contributed by atoms with Crippen LogP contribution in [0.3, 0.4) is 0 Å². The number of benzene rings is 2. The van der Waals surface area contributed by atoms with Crippen molar-refractivity contribution in [3.05, 3.63) is 53.6 Å². The first kappa shape index (κ1) is 22.4. The van der Waals surface area contributed by atoms with Crippen LogP contribution >= 0.6 is 0 Å². The van der Waals surface area contributed by atoms with Gasteiger partial charge in [0.25, 0.3) is 0 Å². The number of fused-ring (bicyclic) bond motifs is 1. The highest BCUT2D eigenvalue weighted by Gasteiger charge is 2.24. The van der Waals surface area contributed by atoms with E-state index in [1.165, 1.54) is 24.8 Å². The van der Waals surface area contributed by atoms with Crippen molar-refractivity contribution in [2.75, 3.05) is 37.0 Å². The highest BCUT2D eigenvalue weighted by molar-refractivity contribution is 7.92. The number of carbonyl (C=O) groups is 1. The first-order valence-electron chi connectivity index (χ1n) is 10.8. The number of hydrogen-bond acceptors (Lipinski definition) is 6. The number of rotatable bonds is 8. The van der Waals surface area contributed by atoms with Crippen LogP contribution in [0.25, 0.3) is 0 Å². The maximum Gasteiger partial charge on any atom is 0.241 e. The Hall–Kier alpha value is -2.78. The lowest BCUT2D eigenvalue weighted by Gasteiger charge is -2.27. The van der Waals surface area contributed by atoms with Crippen molar-refractivity contribution in [1.82, 2.24) is 10.2 Å². The van der Waals surface area contributed by atoms with E-state index in [0.717, 1.165) is 35.8 Å². The Kier molecular flexibility index (Phi) is 6.86. The van der Waals surface area contributed by atoms with E-state index in [9.17, 15) is 13.2 Å². The Labute approximate surface area is 189 Å². The highest BCUT2D eigenvalue weighted by atomic mass is 32.2. The van der Waals surface area contributed by atoms with Gasteiger partial charge in [-0.15, -0.1) is 0 Å². The minimum Gasteiger partial charge on any atom is -0.454 e. The molecular formula is C23H29N3O5S. The maximum absolute atomic E-state index is 12.7. The fourth-order valence-corrected chi connectivity index (χ4v) is 4.91. The number of nitrogens with zero attached hydrogens (tertiary/aromatic N) is 2. The predicted octanol–water partition coefficient (Wildman–Crippen LogP) is 2.48. The van der Waals surface area contributed by atoms with Crippen molar-refractivity contribution in [2.24, 2.45) is 0 Å². The minimum atomic E-state index is -3.67. The summed E-state index contributed by atoms with van der Waals surface area (Å²) in [5, 5.41) is 2.88. The zero-order valence-electron chi connectivity index (χ0n) is 18.2. The van der Waals surface area contributed by atoms with Crippen LogP contribution in [0.2, 0.25) is 0 Å². The van der Waals surface area contributed by atoms with Crippen molar-refractivity contribution in [2.45, 2.75) is 32.4 Å². The zero-order valence-corrected chi connectivity index (χ0v) is 19.1. The molecule has 2 aliphatic rings. The molecule has 0 radical (unpaired) electrons. The average Bonchev–Trinajstić information content (AvgIpc) is 3.25. The second kappa shape index (κ2) is 9.79. The molecule has 1 N–H and O–H groups in total. The summed E-state index contributed by atoms with van der Waals surface area (Å²) >= 11 is 0. The fourth-order valence-electron chi connectivity index (χ4n) is 4.06. The molecule has 1 fully saturated rings. The summed E-state index contributed by atoms with van der Waals surface area (Å²) in [5.41, 5.74) is 2.59. The monoisotopic (exact) mass is 459 g/mol. The van der Waals surface area contributed by atoms with E-state index in [4.69, 9.17) is 9.47 Å². The number of piperidine rings is 1. The van der Waals surface area contributed by atoms with Gasteiger partial charge in [0.05, 0.1) is 11.9 Å². The Balaban J connectivity index is 1.41. The van der Waals surface area contributed by atoms with Gasteiger partial charge < -0.3 is 14.8 Å². The molecule has 172 valence electrons. The third-order valence-electron chi connectivity index (χ3n) is 5.77. The van der Waals surface area contributed by atoms with E-state index in [2.05, 4.69) is 16.3 Å². The first-order valence-corrected chi connectivity index (χ1v) is 12.7. The van der Waals surface area contributed by atoms with Gasteiger partial charge in [-0.25, -0.2) is 8.42 Å². The van der Waals surface area contributed by atoms with Gasteiger partial charge in [0.15, 0.2) is 11.5 Å². The molecule has 8 nitrogen and oxygen atoms in total. The summed E-state index contributed by atoms with van der Waals surface area (Å²) in [7, 11) is -3.67. The Morgan fingerprint density at radius 2 is 1.75 bits per heavy atom. The largest absolute Gasteiger partial charge is 0.454 e. The van der Waals surface area contributed by atoms with Gasteiger partial charge >= 0.3 is 0 Å². The molecule has 0 spiro atoms. The molecule has 1 amide bonds. The number of ether oxygens (including phenoxy) is 2. The lowest BCUT2D eigenvalue weighted by Crippen LogP contribution is -2.40. The van der Waals surface area contributed by atoms with Crippen molar-refractivity contribution in [3.63, 3.8) is 0 Å². The molecule has 9 heteroatoms. The number of likely N-dealkylation sites (tertiary alicyclic amines) is 1. The first-order chi connectivity index (χ1) is 15.4. The molecule has 2 heterocycles. The highest BCUT2D eigenvalue weighted by Crippen LogP contribution is 2.36. The second-order valence-corrected chi connectivity index (χ2v) is 10.1. The molecule has 0 bridgehead atoms. The molecule has 32 heavy (non-hydrogen) atoms. The summed E-state index contributed by atoms with van der Waals surface area (Å²) in [6.45, 7) is 3.18.